The second-order valence-electron chi connectivity index (χ2n) is 7.99. The minimum atomic E-state index is -1.83. The van der Waals surface area contributed by atoms with Crippen molar-refractivity contribution < 1.29 is 43.1 Å². The smallest absolute Gasteiger partial charge is 0.338 e. The van der Waals surface area contributed by atoms with Crippen LogP contribution in [0, 0.1) is 0 Å². The first-order valence-corrected chi connectivity index (χ1v) is 9.64. The fourth-order valence-corrected chi connectivity index (χ4v) is 4.04. The Morgan fingerprint density at radius 3 is 2.70 bits per heavy atom. The zero-order chi connectivity index (χ0) is 21.5. The van der Waals surface area contributed by atoms with E-state index in [0.29, 0.717) is 11.5 Å². The van der Waals surface area contributed by atoms with Crippen LogP contribution in [0.5, 0.6) is 11.5 Å². The van der Waals surface area contributed by atoms with Crippen molar-refractivity contribution in [1.82, 2.24) is 0 Å². The molecule has 2 aliphatic heterocycles. The fraction of sp³-hybridized carbons (Fsp3) is 0.524. The largest absolute Gasteiger partial charge is 0.467 e. The minimum absolute atomic E-state index is 0.00510. The Balaban J connectivity index is 1.48. The Labute approximate surface area is 173 Å². The molecule has 2 fully saturated rings. The van der Waals surface area contributed by atoms with E-state index in [1.807, 2.05) is 0 Å². The molecule has 1 saturated carbocycles. The van der Waals surface area contributed by atoms with Gasteiger partial charge in [-0.1, -0.05) is 6.07 Å². The maximum atomic E-state index is 12.5. The van der Waals surface area contributed by atoms with Gasteiger partial charge >= 0.3 is 11.9 Å². The molecule has 0 amide bonds. The van der Waals surface area contributed by atoms with Crippen LogP contribution in [0.4, 0.5) is 0 Å². The van der Waals surface area contributed by atoms with Crippen LogP contribution in [-0.4, -0.2) is 60.6 Å². The van der Waals surface area contributed by atoms with Gasteiger partial charge in [0.2, 0.25) is 6.79 Å². The van der Waals surface area contributed by atoms with Crippen molar-refractivity contribution in [2.75, 3.05) is 13.9 Å². The van der Waals surface area contributed by atoms with Crippen molar-refractivity contribution in [3.05, 3.63) is 29.8 Å². The number of fused-ring (bicyclic) bond motifs is 2. The molecule has 0 radical (unpaired) electrons. The van der Waals surface area contributed by atoms with E-state index in [4.69, 9.17) is 28.4 Å². The molecule has 3 aliphatic rings. The SMILES string of the molecule is COC(=O)[C@@]1(O)C[C@@H](OC(=O)/C=C/c2ccc3c(c2)OCO3)[C@@H]2OC(C)(C)O[C@@H]2C1. The zero-order valence-electron chi connectivity index (χ0n) is 17.0. The average Bonchev–Trinajstić information content (AvgIpc) is 3.27. The van der Waals surface area contributed by atoms with Crippen molar-refractivity contribution in [3.8, 4) is 11.5 Å². The quantitative estimate of drug-likeness (QED) is 0.573. The molecule has 30 heavy (non-hydrogen) atoms. The number of ether oxygens (including phenoxy) is 6. The normalized spacial score (nSPS) is 31.4. The molecule has 1 aliphatic carbocycles. The van der Waals surface area contributed by atoms with Gasteiger partial charge in [-0.2, -0.15) is 0 Å². The highest BCUT2D eigenvalue weighted by molar-refractivity contribution is 5.87. The summed E-state index contributed by atoms with van der Waals surface area (Å²) in [5, 5.41) is 10.8. The lowest BCUT2D eigenvalue weighted by atomic mass is 9.79. The fourth-order valence-electron chi connectivity index (χ4n) is 4.04. The third kappa shape index (κ3) is 4.00. The number of carbonyl (C=O) groups excluding carboxylic acids is 2. The summed E-state index contributed by atoms with van der Waals surface area (Å²) in [5.41, 5.74) is -1.10. The lowest BCUT2D eigenvalue weighted by Crippen LogP contribution is -2.56. The Hall–Kier alpha value is -2.62. The Morgan fingerprint density at radius 1 is 1.17 bits per heavy atom. The molecule has 1 aromatic carbocycles. The highest BCUT2D eigenvalue weighted by Crippen LogP contribution is 2.42. The summed E-state index contributed by atoms with van der Waals surface area (Å²) in [6.07, 6.45) is 0.579. The van der Waals surface area contributed by atoms with Crippen LogP contribution in [0.25, 0.3) is 6.08 Å². The number of rotatable bonds is 4. The second-order valence-corrected chi connectivity index (χ2v) is 7.99. The Morgan fingerprint density at radius 2 is 1.93 bits per heavy atom. The van der Waals surface area contributed by atoms with Gasteiger partial charge < -0.3 is 33.5 Å². The van der Waals surface area contributed by atoms with Gasteiger partial charge in [-0.15, -0.1) is 0 Å². The molecule has 0 aromatic heterocycles. The predicted octanol–water partition coefficient (Wildman–Crippen LogP) is 1.56. The van der Waals surface area contributed by atoms with E-state index in [0.717, 1.165) is 5.56 Å². The third-order valence-electron chi connectivity index (χ3n) is 5.31. The van der Waals surface area contributed by atoms with E-state index in [1.54, 1.807) is 38.1 Å². The Kier molecular flexibility index (Phi) is 5.21. The van der Waals surface area contributed by atoms with Crippen molar-refractivity contribution in [2.24, 2.45) is 0 Å². The molecule has 0 spiro atoms. The van der Waals surface area contributed by atoms with E-state index in [2.05, 4.69) is 0 Å². The van der Waals surface area contributed by atoms with Crippen molar-refractivity contribution in [2.45, 2.75) is 56.4 Å². The van der Waals surface area contributed by atoms with Crippen LogP contribution < -0.4 is 9.47 Å². The van der Waals surface area contributed by atoms with Gasteiger partial charge in [0.25, 0.3) is 0 Å². The average molecular weight is 420 g/mol. The maximum absolute atomic E-state index is 12.5. The van der Waals surface area contributed by atoms with Gasteiger partial charge in [-0.3, -0.25) is 0 Å². The maximum Gasteiger partial charge on any atom is 0.338 e. The van der Waals surface area contributed by atoms with E-state index < -0.39 is 41.6 Å². The van der Waals surface area contributed by atoms with Gasteiger partial charge in [-0.25, -0.2) is 9.59 Å². The summed E-state index contributed by atoms with van der Waals surface area (Å²) >= 11 is 0. The molecule has 9 heteroatoms. The highest BCUT2D eigenvalue weighted by atomic mass is 16.8. The highest BCUT2D eigenvalue weighted by Gasteiger charge is 2.58. The molecule has 0 unspecified atom stereocenters. The summed E-state index contributed by atoms with van der Waals surface area (Å²) in [7, 11) is 1.19. The molecule has 1 aromatic rings. The number of benzene rings is 1. The van der Waals surface area contributed by atoms with Crippen LogP contribution in [0.1, 0.15) is 32.3 Å². The lowest BCUT2D eigenvalue weighted by Gasteiger charge is -2.39. The molecule has 4 rings (SSSR count). The topological polar surface area (TPSA) is 110 Å². The monoisotopic (exact) mass is 420 g/mol. The number of carbonyl (C=O) groups is 2. The first-order valence-electron chi connectivity index (χ1n) is 9.64. The lowest BCUT2D eigenvalue weighted by molar-refractivity contribution is -0.187. The number of esters is 2. The third-order valence-corrected chi connectivity index (χ3v) is 5.31. The molecule has 0 bridgehead atoms. The van der Waals surface area contributed by atoms with Gasteiger partial charge in [0.05, 0.1) is 13.2 Å². The van der Waals surface area contributed by atoms with Gasteiger partial charge in [0.15, 0.2) is 22.9 Å². The first kappa shape index (κ1) is 20.6. The molecular weight excluding hydrogens is 396 g/mol. The van der Waals surface area contributed by atoms with E-state index in [1.165, 1.54) is 13.2 Å². The van der Waals surface area contributed by atoms with Gasteiger partial charge in [0, 0.05) is 18.9 Å². The minimum Gasteiger partial charge on any atom is -0.467 e. The number of methoxy groups -OCH3 is 1. The van der Waals surface area contributed by atoms with Gasteiger partial charge in [0.1, 0.15) is 12.2 Å². The van der Waals surface area contributed by atoms with Crippen LogP contribution in [0.3, 0.4) is 0 Å². The van der Waals surface area contributed by atoms with Crippen molar-refractivity contribution in [3.63, 3.8) is 0 Å². The summed E-state index contributed by atoms with van der Waals surface area (Å²) in [6, 6.07) is 5.27. The molecular formula is C21H24O9. The summed E-state index contributed by atoms with van der Waals surface area (Å²) in [4.78, 5) is 24.6. The predicted molar refractivity (Wildman–Crippen MR) is 102 cm³/mol. The molecule has 4 atom stereocenters. The van der Waals surface area contributed by atoms with E-state index in [9.17, 15) is 14.7 Å². The number of aliphatic hydroxyl groups is 1. The Bertz CT molecular complexity index is 877. The van der Waals surface area contributed by atoms with E-state index >= 15 is 0 Å². The van der Waals surface area contributed by atoms with Crippen LogP contribution in [0.2, 0.25) is 0 Å². The second kappa shape index (κ2) is 7.57. The molecule has 1 saturated heterocycles. The summed E-state index contributed by atoms with van der Waals surface area (Å²) in [6.45, 7) is 3.61. The standard InChI is InChI=1S/C21H24O9/c1-20(2)29-16-10-21(24,19(23)25-3)9-15(18(16)30-20)28-17(22)7-5-12-4-6-13-14(8-12)27-11-26-13/h4-8,15-16,18,24H,9-11H2,1-3H3/b7-5+/t15-,16-,18+,21-/m1/s1. The molecule has 9 nitrogen and oxygen atoms in total. The van der Waals surface area contributed by atoms with Crippen molar-refractivity contribution in [1.29, 1.82) is 0 Å². The number of hydrogen-bond acceptors (Lipinski definition) is 9. The van der Waals surface area contributed by atoms with Crippen LogP contribution >= 0.6 is 0 Å². The molecule has 1 N–H and O–H groups in total. The van der Waals surface area contributed by atoms with Crippen LogP contribution in [-0.2, 0) is 28.5 Å². The van der Waals surface area contributed by atoms with E-state index in [-0.39, 0.29) is 19.6 Å². The molecule has 2 heterocycles. The van der Waals surface area contributed by atoms with Crippen molar-refractivity contribution >= 4 is 18.0 Å². The van der Waals surface area contributed by atoms with Crippen LogP contribution in [0.15, 0.2) is 24.3 Å². The number of hydrogen-bond donors (Lipinski definition) is 1. The van der Waals surface area contributed by atoms with Gasteiger partial charge in [-0.05, 0) is 37.6 Å². The first-order chi connectivity index (χ1) is 14.2. The summed E-state index contributed by atoms with van der Waals surface area (Å²) < 4.78 is 32.5. The molecule has 162 valence electrons. The zero-order valence-corrected chi connectivity index (χ0v) is 17.0. The summed E-state index contributed by atoms with van der Waals surface area (Å²) in [5.74, 6) is -1.12.